The molecule has 1 aliphatic heterocycles. The van der Waals surface area contributed by atoms with E-state index in [4.69, 9.17) is 14.2 Å². The molecule has 2 heterocycles. The van der Waals surface area contributed by atoms with Crippen molar-refractivity contribution in [1.82, 2.24) is 4.98 Å². The van der Waals surface area contributed by atoms with E-state index in [2.05, 4.69) is 15.5 Å². The summed E-state index contributed by atoms with van der Waals surface area (Å²) >= 11 is 1.56. The van der Waals surface area contributed by atoms with E-state index in [1.54, 1.807) is 24.7 Å². The largest absolute Gasteiger partial charge is 0.497 e. The summed E-state index contributed by atoms with van der Waals surface area (Å²) in [5.41, 5.74) is 5.91. The fraction of sp³-hybridized carbons (Fsp3) is 0.158. The third-order valence-corrected chi connectivity index (χ3v) is 4.81. The summed E-state index contributed by atoms with van der Waals surface area (Å²) in [5.74, 6) is 2.32. The lowest BCUT2D eigenvalue weighted by atomic mass is 10.1. The lowest BCUT2D eigenvalue weighted by Gasteiger charge is -2.01. The maximum Gasteiger partial charge on any atom is 0.231 e. The molecule has 1 aliphatic rings. The van der Waals surface area contributed by atoms with Gasteiger partial charge in [0.15, 0.2) is 11.5 Å². The number of aromatic nitrogens is 1. The first kappa shape index (κ1) is 19.2. The topological polar surface area (TPSA) is 65.0 Å². The van der Waals surface area contributed by atoms with Crippen molar-refractivity contribution in [3.63, 3.8) is 0 Å². The molecule has 0 fully saturated rings. The number of hydrogen-bond donors (Lipinski definition) is 1. The predicted octanol–water partition coefficient (Wildman–Crippen LogP) is 4.88. The first-order valence-corrected chi connectivity index (χ1v) is 8.85. The zero-order chi connectivity index (χ0) is 17.9. The van der Waals surface area contributed by atoms with Gasteiger partial charge in [0.25, 0.3) is 0 Å². The van der Waals surface area contributed by atoms with E-state index in [0.717, 1.165) is 44.1 Å². The second-order valence-electron chi connectivity index (χ2n) is 5.64. The molecule has 0 amide bonds. The number of ether oxygens (including phenoxy) is 3. The molecule has 3 aromatic rings. The van der Waals surface area contributed by atoms with Crippen LogP contribution in [0.4, 0.5) is 5.13 Å². The number of halogens is 1. The van der Waals surface area contributed by atoms with Crippen LogP contribution in [0.15, 0.2) is 47.6 Å². The first-order chi connectivity index (χ1) is 12.7. The molecular formula is C19H18BrN3O3S. The summed E-state index contributed by atoms with van der Waals surface area (Å²) in [4.78, 5) is 5.75. The second kappa shape index (κ2) is 8.41. The lowest BCUT2D eigenvalue weighted by Crippen LogP contribution is -1.93. The fourth-order valence-corrected chi connectivity index (χ4v) is 3.40. The number of nitrogens with zero attached hydrogens (tertiary/aromatic N) is 2. The molecule has 0 atom stereocenters. The van der Waals surface area contributed by atoms with Crippen molar-refractivity contribution in [1.29, 1.82) is 0 Å². The molecule has 0 radical (unpaired) electrons. The smallest absolute Gasteiger partial charge is 0.231 e. The highest BCUT2D eigenvalue weighted by molar-refractivity contribution is 8.93. The Hall–Kier alpha value is -2.58. The molecule has 0 saturated carbocycles. The molecule has 4 rings (SSSR count). The minimum Gasteiger partial charge on any atom is -0.497 e. The Morgan fingerprint density at radius 3 is 2.70 bits per heavy atom. The summed E-state index contributed by atoms with van der Waals surface area (Å²) in [7, 11) is 1.66. The van der Waals surface area contributed by atoms with Gasteiger partial charge >= 0.3 is 0 Å². The number of fused-ring (bicyclic) bond motifs is 1. The van der Waals surface area contributed by atoms with Crippen molar-refractivity contribution < 1.29 is 14.2 Å². The predicted molar refractivity (Wildman–Crippen MR) is 113 cm³/mol. The van der Waals surface area contributed by atoms with Crippen molar-refractivity contribution >= 4 is 39.7 Å². The first-order valence-electron chi connectivity index (χ1n) is 8.03. The van der Waals surface area contributed by atoms with Crippen molar-refractivity contribution in [3.05, 3.63) is 52.9 Å². The summed E-state index contributed by atoms with van der Waals surface area (Å²) in [6.07, 6.45) is 1.73. The average molecular weight is 448 g/mol. The normalized spacial score (nSPS) is 12.1. The third kappa shape index (κ3) is 4.23. The van der Waals surface area contributed by atoms with Gasteiger partial charge in [0.2, 0.25) is 11.9 Å². The molecule has 8 heteroatoms. The minimum absolute atomic E-state index is 0. The molecule has 2 aromatic carbocycles. The molecule has 6 nitrogen and oxygen atoms in total. The number of aryl methyl sites for hydroxylation is 1. The Bertz CT molecular complexity index is 957. The van der Waals surface area contributed by atoms with Gasteiger partial charge in [0, 0.05) is 10.4 Å². The fourth-order valence-electron chi connectivity index (χ4n) is 2.62. The van der Waals surface area contributed by atoms with Gasteiger partial charge in [-0.25, -0.2) is 4.98 Å². The quantitative estimate of drug-likeness (QED) is 0.445. The van der Waals surface area contributed by atoms with Crippen LogP contribution in [-0.2, 0) is 0 Å². The Kier molecular flexibility index (Phi) is 5.98. The maximum absolute atomic E-state index is 5.36. The van der Waals surface area contributed by atoms with E-state index in [-0.39, 0.29) is 23.8 Å². The SMILES string of the molecule is Br.COc1ccc(-c2nc(N/N=C/c3ccc4c(c3)OCO4)sc2C)cc1. The molecule has 0 spiro atoms. The van der Waals surface area contributed by atoms with Crippen LogP contribution >= 0.6 is 28.3 Å². The minimum atomic E-state index is 0. The van der Waals surface area contributed by atoms with E-state index in [0.29, 0.717) is 0 Å². The van der Waals surface area contributed by atoms with Gasteiger partial charge in [0.05, 0.1) is 19.0 Å². The standard InChI is InChI=1S/C19H17N3O3S.BrH/c1-12-18(14-4-6-15(23-2)7-5-14)21-19(26-12)22-20-10-13-3-8-16-17(9-13)25-11-24-16;/h3-10H,11H2,1-2H3,(H,21,22);1H/b20-10+;. The molecule has 0 bridgehead atoms. The lowest BCUT2D eigenvalue weighted by molar-refractivity contribution is 0.174. The van der Waals surface area contributed by atoms with Crippen molar-refractivity contribution in [2.45, 2.75) is 6.92 Å². The highest BCUT2D eigenvalue weighted by Gasteiger charge is 2.12. The van der Waals surface area contributed by atoms with Crippen LogP contribution in [0, 0.1) is 6.92 Å². The summed E-state index contributed by atoms with van der Waals surface area (Å²) in [6, 6.07) is 13.6. The van der Waals surface area contributed by atoms with Crippen LogP contribution in [0.2, 0.25) is 0 Å². The van der Waals surface area contributed by atoms with Crippen molar-refractivity contribution in [2.24, 2.45) is 5.10 Å². The van der Waals surface area contributed by atoms with Gasteiger partial charge in [-0.1, -0.05) is 0 Å². The van der Waals surface area contributed by atoms with Crippen LogP contribution in [-0.4, -0.2) is 25.1 Å². The molecule has 1 N–H and O–H groups in total. The van der Waals surface area contributed by atoms with Gasteiger partial charge in [-0.3, -0.25) is 5.43 Å². The summed E-state index contributed by atoms with van der Waals surface area (Å²) in [6.45, 7) is 2.31. The number of rotatable bonds is 5. The van der Waals surface area contributed by atoms with Gasteiger partial charge < -0.3 is 14.2 Å². The number of benzene rings is 2. The summed E-state index contributed by atoms with van der Waals surface area (Å²) in [5, 5.41) is 5.01. The molecule has 0 saturated heterocycles. The number of hydrazone groups is 1. The molecule has 1 aromatic heterocycles. The monoisotopic (exact) mass is 447 g/mol. The van der Waals surface area contributed by atoms with Crippen LogP contribution in [0.25, 0.3) is 11.3 Å². The van der Waals surface area contributed by atoms with E-state index in [1.807, 2.05) is 49.4 Å². The molecular weight excluding hydrogens is 430 g/mol. The summed E-state index contributed by atoms with van der Waals surface area (Å²) < 4.78 is 15.9. The number of thiazole rings is 1. The molecule has 140 valence electrons. The van der Waals surface area contributed by atoms with Gasteiger partial charge in [0.1, 0.15) is 5.75 Å². The zero-order valence-electron chi connectivity index (χ0n) is 14.8. The Labute approximate surface area is 171 Å². The third-order valence-electron chi connectivity index (χ3n) is 3.93. The van der Waals surface area contributed by atoms with E-state index in [9.17, 15) is 0 Å². The average Bonchev–Trinajstić information content (AvgIpc) is 3.28. The molecule has 0 aliphatic carbocycles. The second-order valence-corrected chi connectivity index (χ2v) is 6.84. The van der Waals surface area contributed by atoms with Crippen molar-refractivity contribution in [3.8, 4) is 28.5 Å². The van der Waals surface area contributed by atoms with Crippen molar-refractivity contribution in [2.75, 3.05) is 19.3 Å². The van der Waals surface area contributed by atoms with Crippen LogP contribution < -0.4 is 19.6 Å². The Morgan fingerprint density at radius 1 is 1.15 bits per heavy atom. The van der Waals surface area contributed by atoms with Crippen LogP contribution in [0.5, 0.6) is 17.2 Å². The number of methoxy groups -OCH3 is 1. The number of hydrogen-bond acceptors (Lipinski definition) is 7. The highest BCUT2D eigenvalue weighted by Crippen LogP contribution is 2.33. The van der Waals surface area contributed by atoms with Gasteiger partial charge in [-0.15, -0.1) is 28.3 Å². The van der Waals surface area contributed by atoms with Gasteiger partial charge in [-0.2, -0.15) is 5.10 Å². The van der Waals surface area contributed by atoms with Crippen LogP contribution in [0.3, 0.4) is 0 Å². The highest BCUT2D eigenvalue weighted by atomic mass is 79.9. The van der Waals surface area contributed by atoms with Gasteiger partial charge in [-0.05, 0) is 55.0 Å². The Balaban J connectivity index is 0.00000210. The Morgan fingerprint density at radius 2 is 1.93 bits per heavy atom. The number of nitrogens with one attached hydrogen (secondary N) is 1. The van der Waals surface area contributed by atoms with E-state index in [1.165, 1.54) is 0 Å². The van der Waals surface area contributed by atoms with E-state index >= 15 is 0 Å². The maximum atomic E-state index is 5.36. The number of anilines is 1. The molecule has 0 unspecified atom stereocenters. The van der Waals surface area contributed by atoms with Crippen LogP contribution in [0.1, 0.15) is 10.4 Å². The zero-order valence-corrected chi connectivity index (χ0v) is 17.3. The molecule has 27 heavy (non-hydrogen) atoms. The van der Waals surface area contributed by atoms with E-state index < -0.39 is 0 Å².